The molecule has 7 heteroatoms. The number of hydrogen-bond acceptors (Lipinski definition) is 5. The van der Waals surface area contributed by atoms with Gasteiger partial charge in [0, 0.05) is 19.0 Å². The average molecular weight is 356 g/mol. The Hall–Kier alpha value is -2.28. The molecule has 1 aromatic carbocycles. The number of piperidine rings is 1. The first-order valence-corrected chi connectivity index (χ1v) is 9.35. The summed E-state index contributed by atoms with van der Waals surface area (Å²) in [4.78, 5) is 27.4. The summed E-state index contributed by atoms with van der Waals surface area (Å²) in [7, 11) is 0. The summed E-state index contributed by atoms with van der Waals surface area (Å²) in [6.45, 7) is 2.76. The maximum absolute atomic E-state index is 13.0. The summed E-state index contributed by atoms with van der Waals surface area (Å²) < 4.78 is 1.17. The second-order valence-corrected chi connectivity index (χ2v) is 7.61. The molecule has 1 aliphatic carbocycles. The molecule has 1 saturated carbocycles. The van der Waals surface area contributed by atoms with E-state index in [0.717, 1.165) is 25.7 Å². The lowest BCUT2D eigenvalue weighted by molar-refractivity contribution is -0.146. The predicted octanol–water partition coefficient (Wildman–Crippen LogP) is 1.51. The Labute approximate surface area is 151 Å². The number of aliphatic hydroxyl groups is 1. The fourth-order valence-electron chi connectivity index (χ4n) is 4.40. The zero-order valence-electron chi connectivity index (χ0n) is 15.0. The Morgan fingerprint density at radius 2 is 2.12 bits per heavy atom. The van der Waals surface area contributed by atoms with Gasteiger partial charge in [0.25, 0.3) is 5.56 Å². The molecule has 0 unspecified atom stereocenters. The van der Waals surface area contributed by atoms with Gasteiger partial charge in [0.1, 0.15) is 11.6 Å². The van der Waals surface area contributed by atoms with Gasteiger partial charge in [-0.1, -0.05) is 30.2 Å². The third kappa shape index (κ3) is 2.80. The maximum Gasteiger partial charge on any atom is 0.278 e. The van der Waals surface area contributed by atoms with Crippen molar-refractivity contribution < 1.29 is 9.90 Å². The Morgan fingerprint density at radius 1 is 1.31 bits per heavy atom. The van der Waals surface area contributed by atoms with Crippen molar-refractivity contribution >= 4 is 16.8 Å². The SMILES string of the molecule is C[C@H](C(=O)N1CC[C@]2(O)CCCC[C@@H]2C1)n1nnc2ccccc2c1=O. The fourth-order valence-corrected chi connectivity index (χ4v) is 4.40. The van der Waals surface area contributed by atoms with Crippen LogP contribution in [0.25, 0.3) is 10.9 Å². The van der Waals surface area contributed by atoms with Crippen molar-refractivity contribution in [3.63, 3.8) is 0 Å². The van der Waals surface area contributed by atoms with E-state index >= 15 is 0 Å². The van der Waals surface area contributed by atoms with Gasteiger partial charge < -0.3 is 10.0 Å². The first-order chi connectivity index (χ1) is 12.5. The van der Waals surface area contributed by atoms with E-state index in [-0.39, 0.29) is 17.4 Å². The molecule has 2 fully saturated rings. The summed E-state index contributed by atoms with van der Waals surface area (Å²) in [6.07, 6.45) is 4.53. The molecule has 1 N–H and O–H groups in total. The van der Waals surface area contributed by atoms with Crippen LogP contribution in [0.5, 0.6) is 0 Å². The molecule has 3 atom stereocenters. The lowest BCUT2D eigenvalue weighted by Gasteiger charge is -2.47. The quantitative estimate of drug-likeness (QED) is 0.881. The molecular weight excluding hydrogens is 332 g/mol. The van der Waals surface area contributed by atoms with Gasteiger partial charge in [0.2, 0.25) is 5.91 Å². The van der Waals surface area contributed by atoms with Crippen molar-refractivity contribution in [2.45, 2.75) is 50.7 Å². The van der Waals surface area contributed by atoms with E-state index in [9.17, 15) is 14.7 Å². The molecule has 1 aromatic heterocycles. The van der Waals surface area contributed by atoms with Crippen LogP contribution in [0.15, 0.2) is 29.1 Å². The summed E-state index contributed by atoms with van der Waals surface area (Å²) >= 11 is 0. The van der Waals surface area contributed by atoms with Gasteiger partial charge in [-0.05, 0) is 38.3 Å². The van der Waals surface area contributed by atoms with Gasteiger partial charge in [-0.15, -0.1) is 5.10 Å². The molecule has 138 valence electrons. The summed E-state index contributed by atoms with van der Waals surface area (Å²) in [5, 5.41) is 19.3. The lowest BCUT2D eigenvalue weighted by atomic mass is 9.71. The van der Waals surface area contributed by atoms with Crippen LogP contribution in [-0.2, 0) is 4.79 Å². The van der Waals surface area contributed by atoms with Crippen LogP contribution in [0.4, 0.5) is 0 Å². The van der Waals surface area contributed by atoms with Crippen molar-refractivity contribution in [1.29, 1.82) is 0 Å². The molecule has 0 radical (unpaired) electrons. The highest BCUT2D eigenvalue weighted by atomic mass is 16.3. The number of fused-ring (bicyclic) bond motifs is 2. The molecule has 4 rings (SSSR count). The van der Waals surface area contributed by atoms with Crippen molar-refractivity contribution in [2.24, 2.45) is 5.92 Å². The van der Waals surface area contributed by atoms with E-state index in [0.29, 0.717) is 30.4 Å². The van der Waals surface area contributed by atoms with E-state index in [2.05, 4.69) is 10.3 Å². The summed E-state index contributed by atoms with van der Waals surface area (Å²) in [5.41, 5.74) is -0.404. The normalized spacial score (nSPS) is 27.2. The number of aromatic nitrogens is 3. The van der Waals surface area contributed by atoms with E-state index in [1.807, 2.05) is 0 Å². The summed E-state index contributed by atoms with van der Waals surface area (Å²) in [5.74, 6) is -0.00938. The van der Waals surface area contributed by atoms with Gasteiger partial charge in [0.15, 0.2) is 0 Å². The fraction of sp³-hybridized carbons (Fsp3) is 0.579. The molecule has 1 amide bonds. The van der Waals surface area contributed by atoms with Gasteiger partial charge >= 0.3 is 0 Å². The van der Waals surface area contributed by atoms with Crippen LogP contribution in [-0.4, -0.2) is 49.6 Å². The molecule has 0 spiro atoms. The smallest absolute Gasteiger partial charge is 0.278 e. The van der Waals surface area contributed by atoms with Crippen molar-refractivity contribution in [2.75, 3.05) is 13.1 Å². The van der Waals surface area contributed by atoms with Crippen LogP contribution >= 0.6 is 0 Å². The van der Waals surface area contributed by atoms with E-state index in [4.69, 9.17) is 0 Å². The van der Waals surface area contributed by atoms with Gasteiger partial charge in [-0.25, -0.2) is 0 Å². The van der Waals surface area contributed by atoms with Crippen molar-refractivity contribution in [1.82, 2.24) is 19.9 Å². The number of hydrogen-bond donors (Lipinski definition) is 1. The van der Waals surface area contributed by atoms with Gasteiger partial charge in [-0.3, -0.25) is 9.59 Å². The number of rotatable bonds is 2. The predicted molar refractivity (Wildman–Crippen MR) is 96.6 cm³/mol. The number of carbonyl (C=O) groups excluding carboxylic acids is 1. The number of amides is 1. The van der Waals surface area contributed by atoms with E-state index in [1.165, 1.54) is 4.68 Å². The second-order valence-electron chi connectivity index (χ2n) is 7.61. The molecule has 26 heavy (non-hydrogen) atoms. The molecule has 7 nitrogen and oxygen atoms in total. The molecule has 1 aliphatic heterocycles. The zero-order chi connectivity index (χ0) is 18.3. The second kappa shape index (κ2) is 6.46. The number of likely N-dealkylation sites (tertiary alicyclic amines) is 1. The number of carbonyl (C=O) groups is 1. The highest BCUT2D eigenvalue weighted by Crippen LogP contribution is 2.40. The highest BCUT2D eigenvalue weighted by Gasteiger charge is 2.44. The number of nitrogens with zero attached hydrogens (tertiary/aromatic N) is 4. The van der Waals surface area contributed by atoms with Crippen LogP contribution in [0.1, 0.15) is 45.1 Å². The first-order valence-electron chi connectivity index (χ1n) is 9.35. The average Bonchev–Trinajstić information content (AvgIpc) is 2.66. The van der Waals surface area contributed by atoms with Crippen LogP contribution in [0.3, 0.4) is 0 Å². The monoisotopic (exact) mass is 356 g/mol. The molecule has 1 saturated heterocycles. The van der Waals surface area contributed by atoms with Crippen LogP contribution in [0, 0.1) is 5.92 Å². The minimum absolute atomic E-state index is 0.126. The van der Waals surface area contributed by atoms with Crippen LogP contribution in [0.2, 0.25) is 0 Å². The molecule has 2 aromatic rings. The topological polar surface area (TPSA) is 88.3 Å². The van der Waals surface area contributed by atoms with Crippen molar-refractivity contribution in [3.05, 3.63) is 34.6 Å². The Bertz CT molecular complexity index is 896. The lowest BCUT2D eigenvalue weighted by Crippen LogP contribution is -2.55. The highest BCUT2D eigenvalue weighted by molar-refractivity contribution is 5.81. The molecule has 2 aliphatic rings. The zero-order valence-corrected chi connectivity index (χ0v) is 15.0. The first kappa shape index (κ1) is 17.1. The Kier molecular flexibility index (Phi) is 4.26. The van der Waals surface area contributed by atoms with Gasteiger partial charge in [-0.2, -0.15) is 4.68 Å². The van der Waals surface area contributed by atoms with Crippen LogP contribution < -0.4 is 5.56 Å². The number of benzene rings is 1. The van der Waals surface area contributed by atoms with Crippen molar-refractivity contribution in [3.8, 4) is 0 Å². The third-order valence-corrected chi connectivity index (χ3v) is 6.05. The Balaban J connectivity index is 1.57. The van der Waals surface area contributed by atoms with E-state index < -0.39 is 11.6 Å². The van der Waals surface area contributed by atoms with Gasteiger partial charge in [0.05, 0.1) is 11.0 Å². The third-order valence-electron chi connectivity index (χ3n) is 6.05. The van der Waals surface area contributed by atoms with E-state index in [1.54, 1.807) is 36.1 Å². The summed E-state index contributed by atoms with van der Waals surface area (Å²) in [6, 6.07) is 6.29. The largest absolute Gasteiger partial charge is 0.389 e. The maximum atomic E-state index is 13.0. The molecule has 2 heterocycles. The molecular formula is C19H24N4O3. The molecule has 0 bridgehead atoms. The Morgan fingerprint density at radius 3 is 2.96 bits per heavy atom. The minimum atomic E-state index is -0.714. The minimum Gasteiger partial charge on any atom is -0.389 e. The standard InChI is InChI=1S/C19H24N4O3/c1-13(23-18(25)15-7-2-3-8-16(15)20-21-23)17(24)22-11-10-19(26)9-5-4-6-14(19)12-22/h2-3,7-8,13-14,26H,4-6,9-12H2,1H3/t13-,14-,19-/m1/s1.